The lowest BCUT2D eigenvalue weighted by molar-refractivity contribution is 0.421. The van der Waals surface area contributed by atoms with Crippen molar-refractivity contribution in [3.8, 4) is 5.88 Å². The summed E-state index contributed by atoms with van der Waals surface area (Å²) in [5.41, 5.74) is 0.633. The van der Waals surface area contributed by atoms with Crippen LogP contribution in [0, 0.1) is 0 Å². The summed E-state index contributed by atoms with van der Waals surface area (Å²) in [6.45, 7) is 0.355. The molecule has 0 aliphatic rings. The molecule has 78 valence electrons. The summed E-state index contributed by atoms with van der Waals surface area (Å²) in [5.74, 6) is -0.0556. The second-order valence-electron chi connectivity index (χ2n) is 3.17. The van der Waals surface area contributed by atoms with Gasteiger partial charge < -0.3 is 10.1 Å². The van der Waals surface area contributed by atoms with E-state index in [0.29, 0.717) is 6.54 Å². The summed E-state index contributed by atoms with van der Waals surface area (Å²) in [5, 5.41) is 9.38. The van der Waals surface area contributed by atoms with Crippen LogP contribution >= 0.6 is 15.9 Å². The van der Waals surface area contributed by atoms with Crippen molar-refractivity contribution in [2.24, 2.45) is 0 Å². The van der Waals surface area contributed by atoms with Gasteiger partial charge in [0.2, 0.25) is 5.88 Å². The zero-order chi connectivity index (χ0) is 10.8. The first-order valence-corrected chi connectivity index (χ1v) is 5.18. The maximum absolute atomic E-state index is 11.3. The van der Waals surface area contributed by atoms with Gasteiger partial charge in [0.15, 0.2) is 0 Å². The first-order chi connectivity index (χ1) is 7.16. The molecular weight excluding hydrogens is 260 g/mol. The van der Waals surface area contributed by atoms with Crippen LogP contribution in [-0.2, 0) is 6.54 Å². The van der Waals surface area contributed by atoms with Crippen LogP contribution < -0.4 is 5.69 Å². The smallest absolute Gasteiger partial charge is 0.328 e. The van der Waals surface area contributed by atoms with Gasteiger partial charge in [-0.05, 0) is 17.7 Å². The molecule has 0 atom stereocenters. The monoisotopic (exact) mass is 268 g/mol. The second-order valence-corrected chi connectivity index (χ2v) is 4.08. The Labute approximate surface area is 94.3 Å². The van der Waals surface area contributed by atoms with Gasteiger partial charge in [-0.1, -0.05) is 28.1 Å². The number of rotatable bonds is 2. The largest absolute Gasteiger partial charge is 0.493 e. The summed E-state index contributed by atoms with van der Waals surface area (Å²) in [6.07, 6.45) is 1.28. The molecular formula is C10H9BrN2O2. The molecule has 0 radical (unpaired) electrons. The number of nitrogens with zero attached hydrogens (tertiary/aromatic N) is 1. The molecule has 15 heavy (non-hydrogen) atoms. The zero-order valence-corrected chi connectivity index (χ0v) is 9.36. The number of imidazole rings is 1. The fourth-order valence-electron chi connectivity index (χ4n) is 1.36. The van der Waals surface area contributed by atoms with Crippen LogP contribution in [0.4, 0.5) is 0 Å². The van der Waals surface area contributed by atoms with E-state index in [2.05, 4.69) is 20.9 Å². The average Bonchev–Trinajstić information content (AvgIpc) is 2.50. The van der Waals surface area contributed by atoms with Gasteiger partial charge in [-0.25, -0.2) is 4.79 Å². The van der Waals surface area contributed by atoms with Gasteiger partial charge in [0.1, 0.15) is 0 Å². The molecule has 0 amide bonds. The van der Waals surface area contributed by atoms with E-state index in [1.807, 2.05) is 24.3 Å². The third-order valence-corrected chi connectivity index (χ3v) is 2.57. The topological polar surface area (TPSA) is 58.0 Å². The Morgan fingerprint density at radius 3 is 2.87 bits per heavy atom. The molecule has 2 rings (SSSR count). The van der Waals surface area contributed by atoms with Crippen LogP contribution in [-0.4, -0.2) is 14.7 Å². The molecule has 0 bridgehead atoms. The second kappa shape index (κ2) is 3.94. The average molecular weight is 269 g/mol. The molecule has 1 heterocycles. The molecule has 0 fully saturated rings. The highest BCUT2D eigenvalue weighted by atomic mass is 79.9. The SMILES string of the molecule is O=c1[nH]cc(O)n1Cc1cccc(Br)c1. The van der Waals surface area contributed by atoms with Gasteiger partial charge in [0.05, 0.1) is 12.7 Å². The number of aromatic nitrogens is 2. The number of aromatic hydroxyl groups is 1. The van der Waals surface area contributed by atoms with E-state index in [-0.39, 0.29) is 11.6 Å². The van der Waals surface area contributed by atoms with E-state index >= 15 is 0 Å². The normalized spacial score (nSPS) is 10.5. The van der Waals surface area contributed by atoms with Gasteiger partial charge in [-0.3, -0.25) is 4.57 Å². The zero-order valence-electron chi connectivity index (χ0n) is 7.77. The van der Waals surface area contributed by atoms with E-state index in [0.717, 1.165) is 10.0 Å². The number of nitrogens with one attached hydrogen (secondary N) is 1. The molecule has 2 N–H and O–H groups in total. The van der Waals surface area contributed by atoms with Crippen molar-refractivity contribution in [3.63, 3.8) is 0 Å². The predicted octanol–water partition coefficient (Wildman–Crippen LogP) is 1.69. The van der Waals surface area contributed by atoms with E-state index < -0.39 is 0 Å². The standard InChI is InChI=1S/C10H9BrN2O2/c11-8-3-1-2-7(4-8)6-13-9(14)5-12-10(13)15/h1-5,14H,6H2,(H,12,15). The third-order valence-electron chi connectivity index (χ3n) is 2.08. The number of hydrogen-bond donors (Lipinski definition) is 2. The van der Waals surface area contributed by atoms with Gasteiger partial charge in [-0.15, -0.1) is 0 Å². The molecule has 1 aromatic heterocycles. The van der Waals surface area contributed by atoms with Crippen molar-refractivity contribution in [2.45, 2.75) is 6.54 Å². The van der Waals surface area contributed by atoms with Gasteiger partial charge in [0.25, 0.3) is 0 Å². The van der Waals surface area contributed by atoms with Gasteiger partial charge >= 0.3 is 5.69 Å². The molecule has 5 heteroatoms. The number of aromatic amines is 1. The number of hydrogen-bond acceptors (Lipinski definition) is 2. The summed E-state index contributed by atoms with van der Waals surface area (Å²) in [4.78, 5) is 13.7. The van der Waals surface area contributed by atoms with E-state index in [1.165, 1.54) is 10.8 Å². The Morgan fingerprint density at radius 2 is 2.27 bits per heavy atom. The first-order valence-electron chi connectivity index (χ1n) is 4.38. The van der Waals surface area contributed by atoms with Crippen LogP contribution in [0.5, 0.6) is 5.88 Å². The van der Waals surface area contributed by atoms with Crippen molar-refractivity contribution in [3.05, 3.63) is 51.0 Å². The minimum atomic E-state index is -0.313. The number of H-pyrrole nitrogens is 1. The van der Waals surface area contributed by atoms with E-state index in [4.69, 9.17) is 0 Å². The Kier molecular flexibility index (Phi) is 2.64. The van der Waals surface area contributed by atoms with Crippen LogP contribution in [0.2, 0.25) is 0 Å². The maximum Gasteiger partial charge on any atom is 0.328 e. The number of halogens is 1. The Hall–Kier alpha value is -1.49. The summed E-state index contributed by atoms with van der Waals surface area (Å²) in [6, 6.07) is 7.58. The molecule has 4 nitrogen and oxygen atoms in total. The molecule has 0 spiro atoms. The lowest BCUT2D eigenvalue weighted by Crippen LogP contribution is -2.17. The molecule has 0 saturated carbocycles. The molecule has 1 aromatic carbocycles. The third kappa shape index (κ3) is 2.12. The van der Waals surface area contributed by atoms with Crippen molar-refractivity contribution in [1.82, 2.24) is 9.55 Å². The fraction of sp³-hybridized carbons (Fsp3) is 0.100. The van der Waals surface area contributed by atoms with Crippen molar-refractivity contribution >= 4 is 15.9 Å². The summed E-state index contributed by atoms with van der Waals surface area (Å²) in [7, 11) is 0. The number of benzene rings is 1. The fourth-order valence-corrected chi connectivity index (χ4v) is 1.80. The Balaban J connectivity index is 2.33. The molecule has 0 aliphatic heterocycles. The minimum Gasteiger partial charge on any atom is -0.493 e. The highest BCUT2D eigenvalue weighted by Gasteiger charge is 2.04. The Morgan fingerprint density at radius 1 is 1.47 bits per heavy atom. The van der Waals surface area contributed by atoms with E-state index in [1.54, 1.807) is 0 Å². The van der Waals surface area contributed by atoms with Crippen molar-refractivity contribution in [2.75, 3.05) is 0 Å². The highest BCUT2D eigenvalue weighted by molar-refractivity contribution is 9.10. The Bertz CT molecular complexity index is 530. The summed E-state index contributed by atoms with van der Waals surface area (Å²) < 4.78 is 2.21. The minimum absolute atomic E-state index is 0.0556. The van der Waals surface area contributed by atoms with Crippen LogP contribution in [0.15, 0.2) is 39.7 Å². The molecule has 0 unspecified atom stereocenters. The molecule has 0 saturated heterocycles. The predicted molar refractivity (Wildman–Crippen MR) is 60.0 cm³/mol. The van der Waals surface area contributed by atoms with Crippen molar-refractivity contribution < 1.29 is 5.11 Å². The maximum atomic E-state index is 11.3. The van der Waals surface area contributed by atoms with Crippen molar-refractivity contribution in [1.29, 1.82) is 0 Å². The van der Waals surface area contributed by atoms with Gasteiger partial charge in [-0.2, -0.15) is 0 Å². The highest BCUT2D eigenvalue weighted by Crippen LogP contribution is 2.14. The first kappa shape index (κ1) is 10.0. The summed E-state index contributed by atoms with van der Waals surface area (Å²) >= 11 is 3.35. The lowest BCUT2D eigenvalue weighted by Gasteiger charge is -2.03. The van der Waals surface area contributed by atoms with E-state index in [9.17, 15) is 9.90 Å². The molecule has 2 aromatic rings. The lowest BCUT2D eigenvalue weighted by atomic mass is 10.2. The quantitative estimate of drug-likeness (QED) is 0.871. The van der Waals surface area contributed by atoms with Crippen LogP contribution in [0.1, 0.15) is 5.56 Å². The van der Waals surface area contributed by atoms with Crippen LogP contribution in [0.25, 0.3) is 0 Å². The van der Waals surface area contributed by atoms with Crippen LogP contribution in [0.3, 0.4) is 0 Å². The van der Waals surface area contributed by atoms with Gasteiger partial charge in [0, 0.05) is 4.47 Å². The molecule has 0 aliphatic carbocycles.